The summed E-state index contributed by atoms with van der Waals surface area (Å²) >= 11 is 1.12. The molecule has 1 unspecified atom stereocenters. The summed E-state index contributed by atoms with van der Waals surface area (Å²) in [5.74, 6) is 0.214. The van der Waals surface area contributed by atoms with Crippen LogP contribution >= 0.6 is 11.3 Å². The Bertz CT molecular complexity index is 631. The lowest BCUT2D eigenvalue weighted by Crippen LogP contribution is -2.15. The number of nitrogens with two attached hydrogens (primary N) is 1. The Hall–Kier alpha value is -1.12. The van der Waals surface area contributed by atoms with Crippen molar-refractivity contribution in [3.63, 3.8) is 0 Å². The van der Waals surface area contributed by atoms with Crippen LogP contribution in [0.3, 0.4) is 0 Å². The monoisotopic (exact) mass is 332 g/mol. The number of sulfone groups is 1. The summed E-state index contributed by atoms with van der Waals surface area (Å²) < 4.78 is 29.2. The largest absolute Gasteiger partial charge is 0.396 e. The minimum absolute atomic E-state index is 0.0446. The van der Waals surface area contributed by atoms with E-state index >= 15 is 0 Å². The maximum atomic E-state index is 11.9. The minimum atomic E-state index is -3.49. The Morgan fingerprint density at radius 3 is 2.76 bits per heavy atom. The molecule has 1 aromatic heterocycles. The lowest BCUT2D eigenvalue weighted by atomic mass is 10.1. The zero-order valence-electron chi connectivity index (χ0n) is 12.1. The zero-order valence-corrected chi connectivity index (χ0v) is 13.8. The summed E-state index contributed by atoms with van der Waals surface area (Å²) in [6, 6.07) is 0. The maximum absolute atomic E-state index is 11.9. The average molecular weight is 332 g/mol. The van der Waals surface area contributed by atoms with Gasteiger partial charge in [0.15, 0.2) is 15.6 Å². The molecule has 1 atom stereocenters. The van der Waals surface area contributed by atoms with Crippen molar-refractivity contribution in [2.24, 2.45) is 5.92 Å². The van der Waals surface area contributed by atoms with Crippen molar-refractivity contribution in [2.45, 2.75) is 24.7 Å². The van der Waals surface area contributed by atoms with Gasteiger partial charge in [-0.15, -0.1) is 11.3 Å². The van der Waals surface area contributed by atoms with Crippen LogP contribution in [0.4, 0.5) is 10.7 Å². The SMILES string of the molecule is CCC(=O)c1sc(NCC2CCOC2)c(S(C)(=O)=O)c1N. The highest BCUT2D eigenvalue weighted by Crippen LogP contribution is 2.40. The Kier molecular flexibility index (Phi) is 4.90. The second-order valence-corrected chi connectivity index (χ2v) is 8.14. The number of rotatable bonds is 6. The van der Waals surface area contributed by atoms with Crippen LogP contribution in [-0.4, -0.2) is 40.2 Å². The van der Waals surface area contributed by atoms with Crippen molar-refractivity contribution in [2.75, 3.05) is 37.1 Å². The van der Waals surface area contributed by atoms with Gasteiger partial charge in [0.25, 0.3) is 0 Å². The van der Waals surface area contributed by atoms with Gasteiger partial charge in [-0.2, -0.15) is 0 Å². The maximum Gasteiger partial charge on any atom is 0.180 e. The number of nitrogens with one attached hydrogen (secondary N) is 1. The summed E-state index contributed by atoms with van der Waals surface area (Å²) in [6.45, 7) is 3.74. The van der Waals surface area contributed by atoms with E-state index in [0.717, 1.165) is 30.6 Å². The minimum Gasteiger partial charge on any atom is -0.396 e. The molecule has 0 spiro atoms. The van der Waals surface area contributed by atoms with Gasteiger partial charge in [0.2, 0.25) is 0 Å². The molecule has 2 rings (SSSR count). The van der Waals surface area contributed by atoms with Crippen LogP contribution in [0.15, 0.2) is 4.90 Å². The third-order valence-electron chi connectivity index (χ3n) is 3.42. The van der Waals surface area contributed by atoms with Crippen molar-refractivity contribution in [1.82, 2.24) is 0 Å². The molecule has 118 valence electrons. The molecular formula is C13H20N2O4S2. The molecule has 0 aliphatic carbocycles. The molecule has 6 nitrogen and oxygen atoms in total. The van der Waals surface area contributed by atoms with Crippen molar-refractivity contribution in [1.29, 1.82) is 0 Å². The Labute approximate surface area is 128 Å². The quantitative estimate of drug-likeness (QED) is 0.771. The van der Waals surface area contributed by atoms with E-state index in [2.05, 4.69) is 5.32 Å². The van der Waals surface area contributed by atoms with E-state index in [4.69, 9.17) is 10.5 Å². The summed E-state index contributed by atoms with van der Waals surface area (Å²) in [5, 5.41) is 3.59. The number of hydrogen-bond acceptors (Lipinski definition) is 7. The first-order valence-corrected chi connectivity index (χ1v) is 9.52. The van der Waals surface area contributed by atoms with Crippen LogP contribution in [0.2, 0.25) is 0 Å². The van der Waals surface area contributed by atoms with Crippen LogP contribution in [0, 0.1) is 5.92 Å². The average Bonchev–Trinajstić information content (AvgIpc) is 3.02. The van der Waals surface area contributed by atoms with Crippen LogP contribution in [0.1, 0.15) is 29.4 Å². The zero-order chi connectivity index (χ0) is 15.6. The van der Waals surface area contributed by atoms with Gasteiger partial charge in [-0.3, -0.25) is 4.79 Å². The molecule has 0 radical (unpaired) electrons. The predicted octanol–water partition coefficient (Wildman–Crippen LogP) is 1.77. The number of anilines is 2. The second-order valence-electron chi connectivity index (χ2n) is 5.16. The topological polar surface area (TPSA) is 98.5 Å². The third kappa shape index (κ3) is 3.56. The van der Waals surface area contributed by atoms with Crippen LogP contribution in [0.25, 0.3) is 0 Å². The molecule has 2 heterocycles. The molecule has 8 heteroatoms. The fourth-order valence-electron chi connectivity index (χ4n) is 2.26. The van der Waals surface area contributed by atoms with Crippen molar-refractivity contribution in [3.8, 4) is 0 Å². The Morgan fingerprint density at radius 2 is 2.24 bits per heavy atom. The number of ketones is 1. The van der Waals surface area contributed by atoms with Gasteiger partial charge in [0.05, 0.1) is 17.2 Å². The highest BCUT2D eigenvalue weighted by atomic mass is 32.2. The molecule has 1 saturated heterocycles. The van der Waals surface area contributed by atoms with E-state index < -0.39 is 9.84 Å². The van der Waals surface area contributed by atoms with E-state index in [0.29, 0.717) is 35.4 Å². The van der Waals surface area contributed by atoms with Gasteiger partial charge >= 0.3 is 0 Å². The van der Waals surface area contributed by atoms with Gasteiger partial charge in [-0.1, -0.05) is 6.92 Å². The number of thiophene rings is 1. The third-order valence-corrected chi connectivity index (χ3v) is 5.92. The lowest BCUT2D eigenvalue weighted by molar-refractivity contribution is 0.0992. The van der Waals surface area contributed by atoms with Crippen molar-refractivity contribution in [3.05, 3.63) is 4.88 Å². The van der Waals surface area contributed by atoms with E-state index in [1.165, 1.54) is 0 Å². The second kappa shape index (κ2) is 6.33. The smallest absolute Gasteiger partial charge is 0.180 e. The van der Waals surface area contributed by atoms with Crippen LogP contribution in [0.5, 0.6) is 0 Å². The summed E-state index contributed by atoms with van der Waals surface area (Å²) in [7, 11) is -3.49. The lowest BCUT2D eigenvalue weighted by Gasteiger charge is -2.10. The van der Waals surface area contributed by atoms with Gasteiger partial charge in [0.1, 0.15) is 9.90 Å². The molecule has 0 bridgehead atoms. The number of carbonyl (C=O) groups is 1. The predicted molar refractivity (Wildman–Crippen MR) is 83.9 cm³/mol. The number of nitrogen functional groups attached to an aromatic ring is 1. The van der Waals surface area contributed by atoms with E-state index in [-0.39, 0.29) is 16.4 Å². The summed E-state index contributed by atoms with van der Waals surface area (Å²) in [5.41, 5.74) is 5.97. The number of hydrogen-bond donors (Lipinski definition) is 2. The fraction of sp³-hybridized carbons (Fsp3) is 0.615. The highest BCUT2D eigenvalue weighted by molar-refractivity contribution is 7.91. The van der Waals surface area contributed by atoms with Crippen molar-refractivity contribution >= 4 is 37.6 Å². The standard InChI is InChI=1S/C13H20N2O4S2/c1-3-9(16)11-10(14)12(21(2,17)18)13(20-11)15-6-8-4-5-19-7-8/h8,15H,3-7,14H2,1-2H3. The Balaban J connectivity index is 2.31. The molecule has 0 amide bonds. The Morgan fingerprint density at radius 1 is 1.52 bits per heavy atom. The van der Waals surface area contributed by atoms with Crippen molar-refractivity contribution < 1.29 is 17.9 Å². The molecule has 3 N–H and O–H groups in total. The number of carbonyl (C=O) groups excluding carboxylic acids is 1. The van der Waals surface area contributed by atoms with E-state index in [1.807, 2.05) is 0 Å². The number of Topliss-reactive ketones (excluding diaryl/α,β-unsaturated/α-hetero) is 1. The first-order valence-electron chi connectivity index (χ1n) is 6.81. The first kappa shape index (κ1) is 16.3. The molecule has 1 aliphatic rings. The van der Waals surface area contributed by atoms with Gasteiger partial charge < -0.3 is 15.8 Å². The molecule has 1 fully saturated rings. The molecular weight excluding hydrogens is 312 g/mol. The molecule has 21 heavy (non-hydrogen) atoms. The normalized spacial score (nSPS) is 18.9. The number of ether oxygens (including phenoxy) is 1. The first-order chi connectivity index (χ1) is 9.84. The van der Waals surface area contributed by atoms with Crippen LogP contribution < -0.4 is 11.1 Å². The van der Waals surface area contributed by atoms with Gasteiger partial charge in [-0.05, 0) is 6.42 Å². The summed E-state index contributed by atoms with van der Waals surface area (Å²) in [4.78, 5) is 12.2. The van der Waals surface area contributed by atoms with Gasteiger partial charge in [-0.25, -0.2) is 8.42 Å². The molecule has 1 aliphatic heterocycles. The molecule has 1 aromatic rings. The summed E-state index contributed by atoms with van der Waals surface area (Å²) in [6.07, 6.45) is 2.35. The van der Waals surface area contributed by atoms with E-state index in [9.17, 15) is 13.2 Å². The molecule has 0 saturated carbocycles. The van der Waals surface area contributed by atoms with Crippen LogP contribution in [-0.2, 0) is 14.6 Å². The van der Waals surface area contributed by atoms with E-state index in [1.54, 1.807) is 6.92 Å². The highest BCUT2D eigenvalue weighted by Gasteiger charge is 2.27. The fourth-order valence-corrected chi connectivity index (χ4v) is 4.85. The molecule has 0 aromatic carbocycles. The van der Waals surface area contributed by atoms with Gasteiger partial charge in [0, 0.05) is 31.7 Å².